The molecule has 3 rings (SSSR count). The van der Waals surface area contributed by atoms with Crippen LogP contribution in [-0.4, -0.2) is 73.2 Å². The lowest BCUT2D eigenvalue weighted by atomic mass is 9.87. The molecule has 0 aromatic rings. The Bertz CT molecular complexity index is 395. The van der Waals surface area contributed by atoms with Crippen LogP contribution in [0.4, 0.5) is 0 Å². The Labute approximate surface area is 147 Å². The van der Waals surface area contributed by atoms with E-state index in [1.54, 1.807) is 0 Å². The number of amides is 1. The molecule has 5 heteroatoms. The van der Waals surface area contributed by atoms with Crippen molar-refractivity contribution in [2.24, 2.45) is 5.92 Å². The molecule has 138 valence electrons. The molecule has 0 spiro atoms. The number of hydrogen-bond acceptors (Lipinski definition) is 4. The molecule has 24 heavy (non-hydrogen) atoms. The van der Waals surface area contributed by atoms with Gasteiger partial charge in [-0.3, -0.25) is 14.6 Å². The van der Waals surface area contributed by atoms with Crippen molar-refractivity contribution in [2.75, 3.05) is 39.3 Å². The minimum absolute atomic E-state index is 0.00534. The van der Waals surface area contributed by atoms with Crippen LogP contribution >= 0.6 is 0 Å². The Morgan fingerprint density at radius 1 is 1.12 bits per heavy atom. The number of rotatable bonds is 5. The van der Waals surface area contributed by atoms with Gasteiger partial charge in [0, 0.05) is 45.4 Å². The number of nitrogens with one attached hydrogen (secondary N) is 1. The van der Waals surface area contributed by atoms with E-state index < -0.39 is 0 Å². The molecular weight excluding hydrogens is 302 g/mol. The molecule has 2 unspecified atom stereocenters. The van der Waals surface area contributed by atoms with Crippen LogP contribution in [0.25, 0.3) is 0 Å². The molecule has 2 heterocycles. The summed E-state index contributed by atoms with van der Waals surface area (Å²) in [6.07, 6.45) is 7.65. The van der Waals surface area contributed by atoms with E-state index in [0.29, 0.717) is 12.1 Å². The average Bonchev–Trinajstić information content (AvgIpc) is 3.10. The normalized spacial score (nSPS) is 34.2. The number of nitrogens with zero attached hydrogens (tertiary/aromatic N) is 2. The molecule has 2 saturated heterocycles. The highest BCUT2D eigenvalue weighted by Gasteiger charge is 2.29. The van der Waals surface area contributed by atoms with E-state index in [9.17, 15) is 4.79 Å². The van der Waals surface area contributed by atoms with Crippen molar-refractivity contribution < 1.29 is 9.53 Å². The molecule has 3 fully saturated rings. The summed E-state index contributed by atoms with van der Waals surface area (Å²) in [5.74, 6) is 1.05. The summed E-state index contributed by atoms with van der Waals surface area (Å²) in [4.78, 5) is 17.4. The quantitative estimate of drug-likeness (QED) is 0.832. The summed E-state index contributed by atoms with van der Waals surface area (Å²) >= 11 is 0. The first-order valence-corrected chi connectivity index (χ1v) is 10.00. The van der Waals surface area contributed by atoms with Crippen LogP contribution in [0.15, 0.2) is 0 Å². The van der Waals surface area contributed by atoms with Crippen molar-refractivity contribution in [3.63, 3.8) is 0 Å². The third-order valence-corrected chi connectivity index (χ3v) is 6.18. The molecule has 1 amide bonds. The lowest BCUT2D eigenvalue weighted by Gasteiger charge is -2.38. The topological polar surface area (TPSA) is 44.8 Å². The van der Waals surface area contributed by atoms with Gasteiger partial charge in [0.15, 0.2) is 0 Å². The monoisotopic (exact) mass is 337 g/mol. The van der Waals surface area contributed by atoms with E-state index in [2.05, 4.69) is 29.0 Å². The Morgan fingerprint density at radius 2 is 1.83 bits per heavy atom. The molecule has 1 N–H and O–H groups in total. The summed E-state index contributed by atoms with van der Waals surface area (Å²) in [5.41, 5.74) is 0. The van der Waals surface area contributed by atoms with Gasteiger partial charge in [0.05, 0.1) is 12.1 Å². The summed E-state index contributed by atoms with van der Waals surface area (Å²) in [6, 6.07) is 0.395. The third-order valence-electron chi connectivity index (χ3n) is 6.18. The Balaban J connectivity index is 1.37. The second-order valence-electron chi connectivity index (χ2n) is 8.11. The van der Waals surface area contributed by atoms with E-state index in [1.165, 1.54) is 25.7 Å². The maximum Gasteiger partial charge on any atom is 0.237 e. The first-order chi connectivity index (χ1) is 11.6. The van der Waals surface area contributed by atoms with Gasteiger partial charge in [-0.2, -0.15) is 0 Å². The van der Waals surface area contributed by atoms with Crippen LogP contribution in [0, 0.1) is 5.92 Å². The largest absolute Gasteiger partial charge is 0.377 e. The van der Waals surface area contributed by atoms with Crippen molar-refractivity contribution in [3.8, 4) is 0 Å². The predicted molar refractivity (Wildman–Crippen MR) is 96.0 cm³/mol. The van der Waals surface area contributed by atoms with Crippen molar-refractivity contribution >= 4 is 5.91 Å². The fraction of sp³-hybridized carbons (Fsp3) is 0.947. The van der Waals surface area contributed by atoms with Gasteiger partial charge in [-0.1, -0.05) is 6.92 Å². The molecule has 5 nitrogen and oxygen atoms in total. The Kier molecular flexibility index (Phi) is 6.53. The number of carbonyl (C=O) groups excluding carboxylic acids is 1. The van der Waals surface area contributed by atoms with Gasteiger partial charge >= 0.3 is 0 Å². The molecule has 1 saturated carbocycles. The van der Waals surface area contributed by atoms with E-state index in [4.69, 9.17) is 4.74 Å². The first-order valence-electron chi connectivity index (χ1n) is 10.00. The lowest BCUT2D eigenvalue weighted by Crippen LogP contribution is -2.55. The second kappa shape index (κ2) is 8.63. The number of ether oxygens (including phenoxy) is 1. The summed E-state index contributed by atoms with van der Waals surface area (Å²) < 4.78 is 5.74. The van der Waals surface area contributed by atoms with Crippen LogP contribution in [0.2, 0.25) is 0 Å². The van der Waals surface area contributed by atoms with Gasteiger partial charge < -0.3 is 10.1 Å². The van der Waals surface area contributed by atoms with Crippen molar-refractivity contribution in [3.05, 3.63) is 0 Å². The van der Waals surface area contributed by atoms with Crippen LogP contribution < -0.4 is 5.32 Å². The van der Waals surface area contributed by atoms with Gasteiger partial charge in [0.25, 0.3) is 0 Å². The molecule has 0 aromatic carbocycles. The second-order valence-corrected chi connectivity index (χ2v) is 8.11. The number of hydrogen-bond donors (Lipinski definition) is 1. The highest BCUT2D eigenvalue weighted by atomic mass is 16.5. The standard InChI is InChI=1S/C19H35N3O2/c1-15-5-7-17(8-6-15)20-19(23)16(2)22-11-9-21(10-12-22)14-18-4-3-13-24-18/h15-18H,3-14H2,1-2H3,(H,20,23). The summed E-state index contributed by atoms with van der Waals surface area (Å²) in [7, 11) is 0. The van der Waals surface area contributed by atoms with Crippen molar-refractivity contribution in [1.29, 1.82) is 0 Å². The highest BCUT2D eigenvalue weighted by molar-refractivity contribution is 5.81. The molecule has 0 aromatic heterocycles. The van der Waals surface area contributed by atoms with Crippen LogP contribution in [0.1, 0.15) is 52.4 Å². The van der Waals surface area contributed by atoms with E-state index in [0.717, 1.165) is 58.1 Å². The van der Waals surface area contributed by atoms with Gasteiger partial charge in [-0.25, -0.2) is 0 Å². The smallest absolute Gasteiger partial charge is 0.237 e. The average molecular weight is 338 g/mol. The predicted octanol–water partition coefficient (Wildman–Crippen LogP) is 1.87. The minimum Gasteiger partial charge on any atom is -0.377 e. The number of carbonyl (C=O) groups is 1. The fourth-order valence-corrected chi connectivity index (χ4v) is 4.30. The fourth-order valence-electron chi connectivity index (χ4n) is 4.30. The molecule has 2 aliphatic heterocycles. The van der Waals surface area contributed by atoms with E-state index in [-0.39, 0.29) is 11.9 Å². The third kappa shape index (κ3) is 4.93. The zero-order valence-electron chi connectivity index (χ0n) is 15.5. The maximum atomic E-state index is 12.6. The van der Waals surface area contributed by atoms with Gasteiger partial charge in [-0.05, 0) is 51.4 Å². The zero-order chi connectivity index (χ0) is 16.9. The molecule has 2 atom stereocenters. The minimum atomic E-state index is -0.00534. The molecule has 3 aliphatic rings. The van der Waals surface area contributed by atoms with Crippen LogP contribution in [0.5, 0.6) is 0 Å². The van der Waals surface area contributed by atoms with E-state index in [1.807, 2.05) is 0 Å². The van der Waals surface area contributed by atoms with Crippen molar-refractivity contribution in [1.82, 2.24) is 15.1 Å². The number of piperazine rings is 1. The summed E-state index contributed by atoms with van der Waals surface area (Å²) in [5, 5.41) is 3.29. The van der Waals surface area contributed by atoms with Crippen LogP contribution in [0.3, 0.4) is 0 Å². The first kappa shape index (κ1) is 18.2. The zero-order valence-corrected chi connectivity index (χ0v) is 15.5. The SMILES string of the molecule is CC1CCC(NC(=O)C(C)N2CCN(CC3CCCO3)CC2)CC1. The van der Waals surface area contributed by atoms with Gasteiger partial charge in [0.1, 0.15) is 0 Å². The molecule has 0 radical (unpaired) electrons. The lowest BCUT2D eigenvalue weighted by molar-refractivity contribution is -0.127. The van der Waals surface area contributed by atoms with E-state index >= 15 is 0 Å². The van der Waals surface area contributed by atoms with Crippen molar-refractivity contribution in [2.45, 2.75) is 70.6 Å². The Hall–Kier alpha value is -0.650. The van der Waals surface area contributed by atoms with Gasteiger partial charge in [0.2, 0.25) is 5.91 Å². The molecular formula is C19H35N3O2. The maximum absolute atomic E-state index is 12.6. The van der Waals surface area contributed by atoms with Crippen LogP contribution in [-0.2, 0) is 9.53 Å². The Morgan fingerprint density at radius 3 is 2.46 bits per heavy atom. The summed E-state index contributed by atoms with van der Waals surface area (Å²) in [6.45, 7) is 10.5. The molecule has 1 aliphatic carbocycles. The van der Waals surface area contributed by atoms with Gasteiger partial charge in [-0.15, -0.1) is 0 Å². The highest BCUT2D eigenvalue weighted by Crippen LogP contribution is 2.23. The molecule has 0 bridgehead atoms.